The Labute approximate surface area is 101 Å². The lowest BCUT2D eigenvalue weighted by Gasteiger charge is -2.29. The first-order valence-electron chi connectivity index (χ1n) is 6.43. The summed E-state index contributed by atoms with van der Waals surface area (Å²) in [6.07, 6.45) is 5.80. The standard InChI is InChI=1S/C12H20N2O3/c15-10(9-5-1-4-8-13-9)14-12(11(16)17)6-2-3-7-12/h9,13H,1-8H2,(H,14,15)(H,16,17). The van der Waals surface area contributed by atoms with Crippen molar-refractivity contribution in [3.63, 3.8) is 0 Å². The van der Waals surface area contributed by atoms with E-state index in [1.54, 1.807) is 0 Å². The van der Waals surface area contributed by atoms with Gasteiger partial charge < -0.3 is 15.7 Å². The summed E-state index contributed by atoms with van der Waals surface area (Å²) in [6, 6.07) is -0.208. The highest BCUT2D eigenvalue weighted by atomic mass is 16.4. The lowest BCUT2D eigenvalue weighted by molar-refractivity contribution is -0.147. The molecule has 0 aromatic heterocycles. The summed E-state index contributed by atoms with van der Waals surface area (Å²) < 4.78 is 0. The Balaban J connectivity index is 1.98. The van der Waals surface area contributed by atoms with E-state index in [4.69, 9.17) is 0 Å². The van der Waals surface area contributed by atoms with Gasteiger partial charge in [-0.3, -0.25) is 4.79 Å². The van der Waals surface area contributed by atoms with Gasteiger partial charge >= 0.3 is 5.97 Å². The van der Waals surface area contributed by atoms with Crippen LogP contribution in [-0.2, 0) is 9.59 Å². The second kappa shape index (κ2) is 5.04. The van der Waals surface area contributed by atoms with Crippen molar-refractivity contribution in [2.75, 3.05) is 6.54 Å². The van der Waals surface area contributed by atoms with Crippen LogP contribution in [0.4, 0.5) is 0 Å². The minimum atomic E-state index is -1.00. The van der Waals surface area contributed by atoms with E-state index in [-0.39, 0.29) is 11.9 Å². The molecule has 17 heavy (non-hydrogen) atoms. The Kier molecular flexibility index (Phi) is 3.66. The van der Waals surface area contributed by atoms with Crippen LogP contribution in [0.15, 0.2) is 0 Å². The normalized spacial score (nSPS) is 27.6. The van der Waals surface area contributed by atoms with Gasteiger partial charge in [0, 0.05) is 0 Å². The summed E-state index contributed by atoms with van der Waals surface area (Å²) in [7, 11) is 0. The van der Waals surface area contributed by atoms with Gasteiger partial charge in [0.1, 0.15) is 5.54 Å². The minimum Gasteiger partial charge on any atom is -0.480 e. The van der Waals surface area contributed by atoms with Gasteiger partial charge in [0.25, 0.3) is 0 Å². The lowest BCUT2D eigenvalue weighted by Crippen LogP contribution is -2.58. The number of piperidine rings is 1. The molecule has 1 aliphatic carbocycles. The summed E-state index contributed by atoms with van der Waals surface area (Å²) in [4.78, 5) is 23.3. The zero-order valence-electron chi connectivity index (χ0n) is 10.00. The van der Waals surface area contributed by atoms with Gasteiger partial charge in [-0.1, -0.05) is 19.3 Å². The van der Waals surface area contributed by atoms with Crippen molar-refractivity contribution < 1.29 is 14.7 Å². The summed E-state index contributed by atoms with van der Waals surface area (Å²) in [5.41, 5.74) is -1.00. The molecular formula is C12H20N2O3. The van der Waals surface area contributed by atoms with Crippen molar-refractivity contribution >= 4 is 11.9 Å². The molecule has 0 radical (unpaired) electrons. The van der Waals surface area contributed by atoms with E-state index >= 15 is 0 Å². The van der Waals surface area contributed by atoms with E-state index in [1.807, 2.05) is 0 Å². The van der Waals surface area contributed by atoms with Crippen LogP contribution in [0.1, 0.15) is 44.9 Å². The fourth-order valence-corrected chi connectivity index (χ4v) is 2.77. The highest BCUT2D eigenvalue weighted by Gasteiger charge is 2.43. The molecule has 1 saturated carbocycles. The van der Waals surface area contributed by atoms with Gasteiger partial charge in [-0.15, -0.1) is 0 Å². The number of carboxylic acid groups (broad SMARTS) is 1. The second-order valence-electron chi connectivity index (χ2n) is 5.09. The van der Waals surface area contributed by atoms with Crippen LogP contribution < -0.4 is 10.6 Å². The number of nitrogens with one attached hydrogen (secondary N) is 2. The predicted octanol–water partition coefficient (Wildman–Crippen LogP) is 0.642. The molecule has 1 aliphatic heterocycles. The highest BCUT2D eigenvalue weighted by molar-refractivity contribution is 5.89. The molecule has 96 valence electrons. The van der Waals surface area contributed by atoms with E-state index in [2.05, 4.69) is 10.6 Å². The number of rotatable bonds is 3. The molecule has 2 fully saturated rings. The van der Waals surface area contributed by atoms with E-state index in [0.717, 1.165) is 38.6 Å². The quantitative estimate of drug-likeness (QED) is 0.676. The molecule has 2 rings (SSSR count). The summed E-state index contributed by atoms with van der Waals surface area (Å²) in [6.45, 7) is 0.845. The number of amides is 1. The smallest absolute Gasteiger partial charge is 0.329 e. The van der Waals surface area contributed by atoms with Crippen LogP contribution in [0.5, 0.6) is 0 Å². The summed E-state index contributed by atoms with van der Waals surface area (Å²) >= 11 is 0. The summed E-state index contributed by atoms with van der Waals surface area (Å²) in [5.74, 6) is -1.03. The van der Waals surface area contributed by atoms with Gasteiger partial charge in [-0.25, -0.2) is 4.79 Å². The van der Waals surface area contributed by atoms with Crippen LogP contribution in [-0.4, -0.2) is 35.1 Å². The third-order valence-corrected chi connectivity index (χ3v) is 3.86. The van der Waals surface area contributed by atoms with Crippen molar-refractivity contribution in [1.82, 2.24) is 10.6 Å². The Morgan fingerprint density at radius 3 is 2.41 bits per heavy atom. The Bertz CT molecular complexity index is 305. The molecule has 5 nitrogen and oxygen atoms in total. The fraction of sp³-hybridized carbons (Fsp3) is 0.833. The van der Waals surface area contributed by atoms with E-state index in [0.29, 0.717) is 12.8 Å². The number of hydrogen-bond acceptors (Lipinski definition) is 3. The number of carbonyl (C=O) groups excluding carboxylic acids is 1. The van der Waals surface area contributed by atoms with E-state index in [9.17, 15) is 14.7 Å². The fourth-order valence-electron chi connectivity index (χ4n) is 2.77. The van der Waals surface area contributed by atoms with Crippen LogP contribution in [0, 0.1) is 0 Å². The third kappa shape index (κ3) is 2.60. The van der Waals surface area contributed by atoms with Gasteiger partial charge in [0.2, 0.25) is 5.91 Å². The molecule has 0 aromatic rings. The van der Waals surface area contributed by atoms with Crippen molar-refractivity contribution in [3.05, 3.63) is 0 Å². The van der Waals surface area contributed by atoms with Crippen molar-refractivity contribution in [2.24, 2.45) is 0 Å². The molecule has 1 amide bonds. The Morgan fingerprint density at radius 1 is 1.18 bits per heavy atom. The molecule has 1 atom stereocenters. The van der Waals surface area contributed by atoms with E-state index < -0.39 is 11.5 Å². The Hall–Kier alpha value is -1.10. The zero-order chi connectivity index (χ0) is 12.3. The van der Waals surface area contributed by atoms with Gasteiger partial charge in [-0.2, -0.15) is 0 Å². The topological polar surface area (TPSA) is 78.4 Å². The molecule has 1 saturated heterocycles. The molecule has 2 aliphatic rings. The summed E-state index contributed by atoms with van der Waals surface area (Å²) in [5, 5.41) is 15.2. The zero-order valence-corrected chi connectivity index (χ0v) is 10.00. The third-order valence-electron chi connectivity index (χ3n) is 3.86. The number of carboxylic acids is 1. The first kappa shape index (κ1) is 12.4. The number of aliphatic carboxylic acids is 1. The first-order chi connectivity index (χ1) is 8.14. The monoisotopic (exact) mass is 240 g/mol. The maximum Gasteiger partial charge on any atom is 0.329 e. The maximum atomic E-state index is 12.0. The number of carbonyl (C=O) groups is 2. The minimum absolute atomic E-state index is 0.144. The molecule has 1 unspecified atom stereocenters. The highest BCUT2D eigenvalue weighted by Crippen LogP contribution is 2.30. The van der Waals surface area contributed by atoms with Gasteiger partial charge in [0.15, 0.2) is 0 Å². The molecule has 5 heteroatoms. The first-order valence-corrected chi connectivity index (χ1v) is 6.43. The molecule has 1 heterocycles. The molecule has 0 spiro atoms. The number of hydrogen-bond donors (Lipinski definition) is 3. The van der Waals surface area contributed by atoms with Crippen molar-refractivity contribution in [1.29, 1.82) is 0 Å². The second-order valence-corrected chi connectivity index (χ2v) is 5.09. The average molecular weight is 240 g/mol. The predicted molar refractivity (Wildman–Crippen MR) is 62.6 cm³/mol. The Morgan fingerprint density at radius 2 is 1.88 bits per heavy atom. The lowest BCUT2D eigenvalue weighted by atomic mass is 9.96. The molecule has 3 N–H and O–H groups in total. The van der Waals surface area contributed by atoms with Crippen LogP contribution >= 0.6 is 0 Å². The SMILES string of the molecule is O=C(NC1(C(=O)O)CCCC1)C1CCCCN1. The van der Waals surface area contributed by atoms with Crippen LogP contribution in [0.25, 0.3) is 0 Å². The van der Waals surface area contributed by atoms with Gasteiger partial charge in [0.05, 0.1) is 6.04 Å². The molecular weight excluding hydrogens is 220 g/mol. The molecule has 0 bridgehead atoms. The maximum absolute atomic E-state index is 12.0. The average Bonchev–Trinajstić information content (AvgIpc) is 2.80. The van der Waals surface area contributed by atoms with Gasteiger partial charge in [-0.05, 0) is 32.2 Å². The van der Waals surface area contributed by atoms with Crippen molar-refractivity contribution in [3.8, 4) is 0 Å². The van der Waals surface area contributed by atoms with E-state index in [1.165, 1.54) is 0 Å². The molecule has 0 aromatic carbocycles. The largest absolute Gasteiger partial charge is 0.480 e. The van der Waals surface area contributed by atoms with Crippen LogP contribution in [0.2, 0.25) is 0 Å². The van der Waals surface area contributed by atoms with Crippen molar-refractivity contribution in [2.45, 2.75) is 56.5 Å². The van der Waals surface area contributed by atoms with Crippen LogP contribution in [0.3, 0.4) is 0 Å².